The van der Waals surface area contributed by atoms with Gasteiger partial charge in [-0.1, -0.05) is 47.5 Å². The second kappa shape index (κ2) is 9.95. The number of carbonyl (C=O) groups is 3. The third-order valence-corrected chi connectivity index (χ3v) is 6.17. The Bertz CT molecular complexity index is 1310. The lowest BCUT2D eigenvalue weighted by atomic mass is 9.97. The number of halogens is 3. The Kier molecular flexibility index (Phi) is 7.00. The Morgan fingerprint density at radius 2 is 1.68 bits per heavy atom. The molecule has 0 fully saturated rings. The number of carbonyl (C=O) groups excluding carboxylic acids is 3. The predicted octanol–water partition coefficient (Wildman–Crippen LogP) is 5.82. The lowest BCUT2D eigenvalue weighted by Gasteiger charge is -2.16. The average Bonchev–Trinajstić information content (AvgIpc) is 3.05. The summed E-state index contributed by atoms with van der Waals surface area (Å²) < 4.78 is 18.5. The molecule has 5 nitrogen and oxygen atoms in total. The fourth-order valence-corrected chi connectivity index (χ4v) is 4.53. The van der Waals surface area contributed by atoms with Crippen LogP contribution in [0.15, 0.2) is 54.6 Å². The minimum absolute atomic E-state index is 0.0199. The zero-order chi connectivity index (χ0) is 24.4. The van der Waals surface area contributed by atoms with Gasteiger partial charge < -0.3 is 4.74 Å². The van der Waals surface area contributed by atoms with Crippen molar-refractivity contribution < 1.29 is 23.5 Å². The summed E-state index contributed by atoms with van der Waals surface area (Å²) in [6, 6.07) is 14.2. The van der Waals surface area contributed by atoms with Crippen molar-refractivity contribution in [1.29, 1.82) is 0 Å². The SMILES string of the molecule is CCOC(=O)Cc1ccc(N2C(=O)c3c(Cl)ccc(CCc4cccc(F)c4)c3C2=O)c(Cl)c1. The first-order chi connectivity index (χ1) is 16.3. The van der Waals surface area contributed by atoms with Gasteiger partial charge in [-0.3, -0.25) is 14.4 Å². The fourth-order valence-electron chi connectivity index (χ4n) is 4.01. The van der Waals surface area contributed by atoms with Gasteiger partial charge in [0, 0.05) is 0 Å². The van der Waals surface area contributed by atoms with Crippen LogP contribution in [-0.2, 0) is 28.8 Å². The smallest absolute Gasteiger partial charge is 0.310 e. The lowest BCUT2D eigenvalue weighted by molar-refractivity contribution is -0.142. The molecule has 0 aliphatic carbocycles. The highest BCUT2D eigenvalue weighted by Gasteiger charge is 2.41. The molecule has 0 unspecified atom stereocenters. The monoisotopic (exact) mass is 499 g/mol. The van der Waals surface area contributed by atoms with Crippen LogP contribution in [0.4, 0.5) is 10.1 Å². The normalized spacial score (nSPS) is 12.8. The van der Waals surface area contributed by atoms with Crippen LogP contribution in [-0.4, -0.2) is 24.4 Å². The maximum Gasteiger partial charge on any atom is 0.310 e. The third-order valence-electron chi connectivity index (χ3n) is 5.55. The number of nitrogens with zero attached hydrogens (tertiary/aromatic N) is 1. The van der Waals surface area contributed by atoms with Gasteiger partial charge in [0.25, 0.3) is 11.8 Å². The van der Waals surface area contributed by atoms with E-state index in [9.17, 15) is 18.8 Å². The van der Waals surface area contributed by atoms with Crippen molar-refractivity contribution in [3.63, 3.8) is 0 Å². The third kappa shape index (κ3) is 4.69. The van der Waals surface area contributed by atoms with E-state index in [4.69, 9.17) is 27.9 Å². The molecule has 0 N–H and O–H groups in total. The van der Waals surface area contributed by atoms with Gasteiger partial charge >= 0.3 is 5.97 Å². The lowest BCUT2D eigenvalue weighted by Crippen LogP contribution is -2.30. The van der Waals surface area contributed by atoms with Crippen LogP contribution in [0.1, 0.15) is 44.3 Å². The molecule has 0 spiro atoms. The molecule has 4 rings (SSSR count). The number of ether oxygens (including phenoxy) is 1. The van der Waals surface area contributed by atoms with Crippen LogP contribution in [0, 0.1) is 5.82 Å². The van der Waals surface area contributed by atoms with Crippen LogP contribution >= 0.6 is 23.2 Å². The molecule has 0 aromatic heterocycles. The van der Waals surface area contributed by atoms with Crippen LogP contribution in [0.2, 0.25) is 10.0 Å². The van der Waals surface area contributed by atoms with E-state index in [-0.39, 0.29) is 45.7 Å². The van der Waals surface area contributed by atoms with Crippen LogP contribution in [0.5, 0.6) is 0 Å². The number of anilines is 1. The summed E-state index contributed by atoms with van der Waals surface area (Å²) in [5.74, 6) is -1.84. The van der Waals surface area contributed by atoms with Crippen molar-refractivity contribution in [2.75, 3.05) is 11.5 Å². The Hall–Kier alpha value is -3.22. The molecule has 3 aromatic carbocycles. The van der Waals surface area contributed by atoms with Crippen molar-refractivity contribution in [3.8, 4) is 0 Å². The Labute approximate surface area is 206 Å². The van der Waals surface area contributed by atoms with Gasteiger partial charge in [0.15, 0.2) is 0 Å². The highest BCUT2D eigenvalue weighted by Crippen LogP contribution is 2.38. The molecular formula is C26H20Cl2FNO4. The van der Waals surface area contributed by atoms with E-state index in [0.29, 0.717) is 24.0 Å². The number of esters is 1. The molecule has 0 saturated heterocycles. The number of rotatable bonds is 7. The first kappa shape index (κ1) is 23.9. The minimum Gasteiger partial charge on any atom is -0.466 e. The molecule has 34 heavy (non-hydrogen) atoms. The Morgan fingerprint density at radius 3 is 2.38 bits per heavy atom. The Balaban J connectivity index is 1.63. The van der Waals surface area contributed by atoms with Gasteiger partial charge in [0.05, 0.1) is 39.9 Å². The van der Waals surface area contributed by atoms with Gasteiger partial charge in [0.2, 0.25) is 0 Å². The zero-order valence-electron chi connectivity index (χ0n) is 18.2. The number of benzene rings is 3. The van der Waals surface area contributed by atoms with Crippen molar-refractivity contribution in [2.45, 2.75) is 26.2 Å². The molecule has 0 radical (unpaired) electrons. The molecule has 0 bridgehead atoms. The summed E-state index contributed by atoms with van der Waals surface area (Å²) in [4.78, 5) is 39.4. The van der Waals surface area contributed by atoms with Crippen LogP contribution < -0.4 is 4.90 Å². The molecular weight excluding hydrogens is 480 g/mol. The fraction of sp³-hybridized carbons (Fsp3) is 0.192. The van der Waals surface area contributed by atoms with E-state index in [0.717, 1.165) is 10.5 Å². The van der Waals surface area contributed by atoms with E-state index < -0.39 is 17.8 Å². The molecule has 1 aliphatic heterocycles. The van der Waals surface area contributed by atoms with Crippen molar-refractivity contribution in [3.05, 3.63) is 98.3 Å². The summed E-state index contributed by atoms with van der Waals surface area (Å²) in [5, 5.41) is 0.314. The summed E-state index contributed by atoms with van der Waals surface area (Å²) in [7, 11) is 0. The summed E-state index contributed by atoms with van der Waals surface area (Å²) in [6.45, 7) is 1.98. The van der Waals surface area contributed by atoms with Crippen molar-refractivity contribution in [2.24, 2.45) is 0 Å². The van der Waals surface area contributed by atoms with E-state index >= 15 is 0 Å². The first-order valence-corrected chi connectivity index (χ1v) is 11.4. The predicted molar refractivity (Wildman–Crippen MR) is 128 cm³/mol. The summed E-state index contributed by atoms with van der Waals surface area (Å²) in [5.41, 5.74) is 2.55. The Morgan fingerprint density at radius 1 is 0.912 bits per heavy atom. The minimum atomic E-state index is -0.572. The second-order valence-corrected chi connectivity index (χ2v) is 8.61. The highest BCUT2D eigenvalue weighted by atomic mass is 35.5. The number of aryl methyl sites for hydroxylation is 2. The molecule has 3 aromatic rings. The van der Waals surface area contributed by atoms with Crippen molar-refractivity contribution >= 4 is 46.7 Å². The quantitative estimate of drug-likeness (QED) is 0.303. The van der Waals surface area contributed by atoms with Gasteiger partial charge in [0.1, 0.15) is 5.82 Å². The topological polar surface area (TPSA) is 63.7 Å². The highest BCUT2D eigenvalue weighted by molar-refractivity contribution is 6.44. The van der Waals surface area contributed by atoms with Crippen LogP contribution in [0.3, 0.4) is 0 Å². The average molecular weight is 500 g/mol. The zero-order valence-corrected chi connectivity index (χ0v) is 19.8. The first-order valence-electron chi connectivity index (χ1n) is 10.7. The standard InChI is InChI=1S/C26H20Cl2FNO4/c1-2-34-22(31)14-16-7-11-21(20(28)13-16)30-25(32)23-17(9-10-19(27)24(23)26(30)33)8-6-15-4-3-5-18(29)12-15/h3-5,7,9-13H,2,6,8,14H2,1H3. The number of hydrogen-bond acceptors (Lipinski definition) is 4. The number of imide groups is 1. The molecule has 0 atom stereocenters. The molecule has 2 amide bonds. The molecule has 1 heterocycles. The van der Waals surface area contributed by atoms with E-state index in [1.807, 2.05) is 0 Å². The number of hydrogen-bond donors (Lipinski definition) is 0. The number of fused-ring (bicyclic) bond motifs is 1. The van der Waals surface area contributed by atoms with Gasteiger partial charge in [-0.15, -0.1) is 0 Å². The van der Waals surface area contributed by atoms with Gasteiger partial charge in [-0.25, -0.2) is 9.29 Å². The molecule has 1 aliphatic rings. The number of amides is 2. The maximum atomic E-state index is 13.5. The summed E-state index contributed by atoms with van der Waals surface area (Å²) >= 11 is 12.7. The molecule has 8 heteroatoms. The van der Waals surface area contributed by atoms with Crippen LogP contribution in [0.25, 0.3) is 0 Å². The van der Waals surface area contributed by atoms with E-state index in [2.05, 4.69) is 0 Å². The van der Waals surface area contributed by atoms with E-state index in [1.165, 1.54) is 24.3 Å². The van der Waals surface area contributed by atoms with Crippen molar-refractivity contribution in [1.82, 2.24) is 0 Å². The largest absolute Gasteiger partial charge is 0.466 e. The summed E-state index contributed by atoms with van der Waals surface area (Å²) in [6.07, 6.45) is 0.921. The van der Waals surface area contributed by atoms with Gasteiger partial charge in [-0.05, 0) is 66.8 Å². The van der Waals surface area contributed by atoms with Gasteiger partial charge in [-0.2, -0.15) is 0 Å². The molecule has 174 valence electrons. The van der Waals surface area contributed by atoms with E-state index in [1.54, 1.807) is 37.3 Å². The second-order valence-electron chi connectivity index (χ2n) is 7.80. The maximum absolute atomic E-state index is 13.5. The molecule has 0 saturated carbocycles.